The van der Waals surface area contributed by atoms with E-state index in [0.29, 0.717) is 0 Å². The second kappa shape index (κ2) is 18.5. The van der Waals surface area contributed by atoms with Crippen molar-refractivity contribution < 1.29 is 4.39 Å². The summed E-state index contributed by atoms with van der Waals surface area (Å²) in [5.41, 5.74) is 17.7. The fourth-order valence-electron chi connectivity index (χ4n) is 13.2. The monoisotopic (exact) mass is 1060 g/mol. The number of aromatic nitrogens is 6. The molecule has 0 unspecified atom stereocenters. The SMILES string of the molecule is Fc1ccc(-c2cc(-c3ccc(-c4c(-n5c6ccccc6c6ccccc65)c(-n5c6ccccc6c6ccccc65)nc(-n5c6ccccc6c6ccccc65)c4-n4c5ccccc5c5ccccc54)cc3)cc(-c3ccccc3)n2)cc1. The Labute approximate surface area is 476 Å². The number of pyridine rings is 2. The van der Waals surface area contributed by atoms with Gasteiger partial charge >= 0.3 is 0 Å². The molecule has 0 saturated heterocycles. The highest BCUT2D eigenvalue weighted by Gasteiger charge is 2.32. The normalized spacial score (nSPS) is 11.9. The number of nitrogens with zero attached hydrogens (tertiary/aromatic N) is 6. The van der Waals surface area contributed by atoms with Crippen LogP contribution < -0.4 is 0 Å². The number of fused-ring (bicyclic) bond motifs is 12. The fourth-order valence-corrected chi connectivity index (χ4v) is 13.2. The molecule has 388 valence electrons. The van der Waals surface area contributed by atoms with Crippen molar-refractivity contribution in [1.29, 1.82) is 0 Å². The predicted octanol–water partition coefficient (Wildman–Crippen LogP) is 19.7. The molecular formula is C76H47FN6. The number of hydrogen-bond acceptors (Lipinski definition) is 2. The lowest BCUT2D eigenvalue weighted by Crippen LogP contribution is -2.16. The minimum absolute atomic E-state index is 0.289. The Bertz CT molecular complexity index is 4990. The van der Waals surface area contributed by atoms with Gasteiger partial charge in [-0.1, -0.05) is 200 Å². The minimum atomic E-state index is -0.289. The van der Waals surface area contributed by atoms with Gasteiger partial charge in [-0.05, 0) is 102 Å². The maximum absolute atomic E-state index is 14.5. The summed E-state index contributed by atoms with van der Waals surface area (Å²) in [6, 6.07) is 100. The van der Waals surface area contributed by atoms with E-state index in [4.69, 9.17) is 9.97 Å². The molecule has 0 bridgehead atoms. The Morgan fingerprint density at radius 2 is 0.506 bits per heavy atom. The van der Waals surface area contributed by atoms with Crippen molar-refractivity contribution in [1.82, 2.24) is 28.2 Å². The highest BCUT2D eigenvalue weighted by atomic mass is 19.1. The van der Waals surface area contributed by atoms with Crippen molar-refractivity contribution in [3.05, 3.63) is 291 Å². The van der Waals surface area contributed by atoms with Crippen LogP contribution in [-0.2, 0) is 0 Å². The highest BCUT2D eigenvalue weighted by Crippen LogP contribution is 2.49. The lowest BCUT2D eigenvalue weighted by Gasteiger charge is -2.27. The van der Waals surface area contributed by atoms with Crippen LogP contribution in [0.5, 0.6) is 0 Å². The second-order valence-electron chi connectivity index (χ2n) is 21.4. The van der Waals surface area contributed by atoms with Crippen LogP contribution in [-0.4, -0.2) is 28.2 Å². The van der Waals surface area contributed by atoms with Gasteiger partial charge in [0.15, 0.2) is 11.6 Å². The van der Waals surface area contributed by atoms with Crippen LogP contribution in [0.3, 0.4) is 0 Å². The van der Waals surface area contributed by atoms with Gasteiger partial charge in [-0.25, -0.2) is 14.4 Å². The van der Waals surface area contributed by atoms with E-state index in [-0.39, 0.29) is 5.82 Å². The van der Waals surface area contributed by atoms with Crippen molar-refractivity contribution in [3.8, 4) is 67.8 Å². The van der Waals surface area contributed by atoms with Gasteiger partial charge < -0.3 is 9.13 Å². The zero-order chi connectivity index (χ0) is 54.7. The molecule has 17 rings (SSSR count). The molecule has 6 nitrogen and oxygen atoms in total. The number of halogens is 1. The summed E-state index contributed by atoms with van der Waals surface area (Å²) in [7, 11) is 0. The van der Waals surface area contributed by atoms with Gasteiger partial charge in [0, 0.05) is 59.8 Å². The first-order chi connectivity index (χ1) is 41.1. The van der Waals surface area contributed by atoms with E-state index >= 15 is 0 Å². The first kappa shape index (κ1) is 46.7. The molecule has 0 aliphatic rings. The van der Waals surface area contributed by atoms with Crippen LogP contribution >= 0.6 is 0 Å². The van der Waals surface area contributed by atoms with E-state index in [2.05, 4.69) is 261 Å². The summed E-state index contributed by atoms with van der Waals surface area (Å²) < 4.78 is 24.3. The minimum Gasteiger partial charge on any atom is -0.305 e. The average molecular weight is 1060 g/mol. The smallest absolute Gasteiger partial charge is 0.165 e. The first-order valence-electron chi connectivity index (χ1n) is 28.1. The van der Waals surface area contributed by atoms with Gasteiger partial charge in [0.05, 0.1) is 55.5 Å². The molecule has 11 aromatic carbocycles. The molecule has 6 heterocycles. The van der Waals surface area contributed by atoms with Crippen LogP contribution in [0, 0.1) is 5.82 Å². The van der Waals surface area contributed by atoms with Crippen LogP contribution in [0.4, 0.5) is 4.39 Å². The van der Waals surface area contributed by atoms with Crippen LogP contribution in [0.1, 0.15) is 0 Å². The Kier molecular flexibility index (Phi) is 10.4. The zero-order valence-electron chi connectivity index (χ0n) is 44.7. The topological polar surface area (TPSA) is 45.5 Å². The first-order valence-corrected chi connectivity index (χ1v) is 28.1. The molecule has 0 saturated carbocycles. The number of benzene rings is 11. The molecule has 0 amide bonds. The molecule has 0 N–H and O–H groups in total. The van der Waals surface area contributed by atoms with Gasteiger partial charge in [-0.15, -0.1) is 0 Å². The standard InChI is InChI=1S/C76H47FN6/c77-53-44-42-50(43-45-53)63-47-52(46-62(78-63)49-20-2-1-3-21-49)48-38-40-51(41-39-48)72-73(80-64-30-12-4-22-54(64)55-23-5-13-31-65(55)80)75(82-68-34-16-8-26-58(68)59-27-9-17-35-69(59)82)79-76(83-70-36-18-10-28-60(70)61-29-11-19-37-71(61)83)74(72)81-66-32-14-6-24-56(66)57-25-7-15-33-67(57)81/h1-47H. The molecule has 0 aliphatic carbocycles. The molecule has 0 aliphatic heterocycles. The van der Waals surface area contributed by atoms with Gasteiger partial charge in [-0.3, -0.25) is 9.13 Å². The van der Waals surface area contributed by atoms with Gasteiger partial charge in [0.1, 0.15) is 17.2 Å². The van der Waals surface area contributed by atoms with Gasteiger partial charge in [-0.2, -0.15) is 0 Å². The molecule has 7 heteroatoms. The van der Waals surface area contributed by atoms with Crippen molar-refractivity contribution in [3.63, 3.8) is 0 Å². The van der Waals surface area contributed by atoms with Gasteiger partial charge in [0.2, 0.25) is 0 Å². The van der Waals surface area contributed by atoms with Gasteiger partial charge in [0.25, 0.3) is 0 Å². The molecule has 0 atom stereocenters. The summed E-state index contributed by atoms with van der Waals surface area (Å²) in [5.74, 6) is 1.27. The second-order valence-corrected chi connectivity index (χ2v) is 21.4. The fraction of sp³-hybridized carbons (Fsp3) is 0. The zero-order valence-corrected chi connectivity index (χ0v) is 44.7. The number of rotatable bonds is 8. The Morgan fingerprint density at radius 1 is 0.229 bits per heavy atom. The van der Waals surface area contributed by atoms with E-state index in [1.54, 1.807) is 12.1 Å². The Balaban J connectivity index is 1.09. The van der Waals surface area contributed by atoms with Crippen molar-refractivity contribution in [2.75, 3.05) is 0 Å². The predicted molar refractivity (Wildman–Crippen MR) is 341 cm³/mol. The van der Waals surface area contributed by atoms with Crippen molar-refractivity contribution >= 4 is 87.2 Å². The summed E-state index contributed by atoms with van der Waals surface area (Å²) in [6.07, 6.45) is 0. The van der Waals surface area contributed by atoms with E-state index in [0.717, 1.165) is 155 Å². The maximum atomic E-state index is 14.5. The van der Waals surface area contributed by atoms with Crippen LogP contribution in [0.15, 0.2) is 285 Å². The largest absolute Gasteiger partial charge is 0.305 e. The summed E-state index contributed by atoms with van der Waals surface area (Å²) in [5, 5.41) is 9.14. The summed E-state index contributed by atoms with van der Waals surface area (Å²) in [6.45, 7) is 0. The van der Waals surface area contributed by atoms with Crippen molar-refractivity contribution in [2.45, 2.75) is 0 Å². The molecule has 17 aromatic rings. The number of hydrogen-bond donors (Lipinski definition) is 0. The van der Waals surface area contributed by atoms with Crippen LogP contribution in [0.25, 0.3) is 155 Å². The third-order valence-corrected chi connectivity index (χ3v) is 16.8. The maximum Gasteiger partial charge on any atom is 0.165 e. The van der Waals surface area contributed by atoms with E-state index in [9.17, 15) is 4.39 Å². The third kappa shape index (κ3) is 7.14. The van der Waals surface area contributed by atoms with E-state index < -0.39 is 0 Å². The lowest BCUT2D eigenvalue weighted by molar-refractivity contribution is 0.628. The quantitative estimate of drug-likeness (QED) is 0.152. The molecule has 0 radical (unpaired) electrons. The molecule has 0 spiro atoms. The molecule has 83 heavy (non-hydrogen) atoms. The average Bonchev–Trinajstić information content (AvgIpc) is 2.55. The molecule has 0 fully saturated rings. The highest BCUT2D eigenvalue weighted by molar-refractivity contribution is 6.16. The van der Waals surface area contributed by atoms with Crippen LogP contribution in [0.2, 0.25) is 0 Å². The van der Waals surface area contributed by atoms with Crippen molar-refractivity contribution in [2.24, 2.45) is 0 Å². The lowest BCUT2D eigenvalue weighted by atomic mass is 9.96. The molecule has 6 aromatic heterocycles. The Hall–Kier alpha value is -11.2. The summed E-state index contributed by atoms with van der Waals surface area (Å²) >= 11 is 0. The summed E-state index contributed by atoms with van der Waals surface area (Å²) in [4.78, 5) is 11.6. The number of para-hydroxylation sites is 8. The van der Waals surface area contributed by atoms with E-state index in [1.165, 1.54) is 12.1 Å². The molecular weight excluding hydrogens is 1020 g/mol. The third-order valence-electron chi connectivity index (χ3n) is 16.8. The Morgan fingerprint density at radius 3 is 0.855 bits per heavy atom. The van der Waals surface area contributed by atoms with E-state index in [1.807, 2.05) is 18.2 Å².